The molecule has 0 unspecified atom stereocenters. The van der Waals surface area contributed by atoms with Gasteiger partial charge in [0.15, 0.2) is 11.0 Å². The van der Waals surface area contributed by atoms with Crippen LogP contribution in [0.5, 0.6) is 0 Å². The molecular weight excluding hydrogens is 516 g/mol. The molecule has 8 nitrogen and oxygen atoms in total. The highest BCUT2D eigenvalue weighted by molar-refractivity contribution is 7.99. The van der Waals surface area contributed by atoms with Gasteiger partial charge in [-0.15, -0.1) is 21.5 Å². The molecular formula is C28H34N6O2S2. The molecule has 0 radical (unpaired) electrons. The average Bonchev–Trinajstić information content (AvgIpc) is 3.47. The van der Waals surface area contributed by atoms with Gasteiger partial charge in [0.1, 0.15) is 11.1 Å². The predicted octanol–water partition coefficient (Wildman–Crippen LogP) is 5.60. The maximum Gasteiger partial charge on any atom is 0.251 e. The number of aromatic nitrogens is 3. The fourth-order valence-electron chi connectivity index (χ4n) is 4.78. The first-order chi connectivity index (χ1) is 18.1. The Labute approximate surface area is 232 Å². The first-order valence-corrected chi connectivity index (χ1v) is 14.7. The fourth-order valence-corrected chi connectivity index (χ4v) is 6.89. The van der Waals surface area contributed by atoms with Crippen molar-refractivity contribution in [1.29, 1.82) is 5.26 Å². The minimum atomic E-state index is -0.356. The van der Waals surface area contributed by atoms with E-state index in [-0.39, 0.29) is 29.0 Å². The summed E-state index contributed by atoms with van der Waals surface area (Å²) in [5.41, 5.74) is 2.50. The molecule has 2 amide bonds. The number of hydrogen-bond donors (Lipinski definition) is 2. The number of thioether (sulfide) groups is 1. The second-order valence-corrected chi connectivity index (χ2v) is 12.7. The third-order valence-electron chi connectivity index (χ3n) is 7.02. The lowest BCUT2D eigenvalue weighted by Gasteiger charge is -2.33. The van der Waals surface area contributed by atoms with Crippen LogP contribution in [0.15, 0.2) is 35.5 Å². The van der Waals surface area contributed by atoms with E-state index in [1.165, 1.54) is 28.0 Å². The van der Waals surface area contributed by atoms with Crippen molar-refractivity contribution < 1.29 is 9.59 Å². The summed E-state index contributed by atoms with van der Waals surface area (Å²) in [6.07, 6.45) is 2.89. The lowest BCUT2D eigenvalue weighted by Crippen LogP contribution is -2.28. The van der Waals surface area contributed by atoms with Crippen molar-refractivity contribution in [2.24, 2.45) is 11.3 Å². The monoisotopic (exact) mass is 550 g/mol. The number of carbonyl (C=O) groups excluding carboxylic acids is 2. The summed E-state index contributed by atoms with van der Waals surface area (Å²) in [6, 6.07) is 11.0. The highest BCUT2D eigenvalue weighted by Crippen LogP contribution is 2.44. The van der Waals surface area contributed by atoms with Gasteiger partial charge in [-0.3, -0.25) is 9.59 Å². The maximum atomic E-state index is 12.9. The van der Waals surface area contributed by atoms with Gasteiger partial charge in [-0.2, -0.15) is 5.26 Å². The van der Waals surface area contributed by atoms with Crippen LogP contribution in [-0.2, 0) is 24.2 Å². The molecule has 4 rings (SSSR count). The number of nitrogens with one attached hydrogen (secondary N) is 2. The molecule has 0 aliphatic heterocycles. The van der Waals surface area contributed by atoms with Crippen LogP contribution in [0.25, 0.3) is 0 Å². The summed E-state index contributed by atoms with van der Waals surface area (Å²) in [5, 5.41) is 25.6. The zero-order valence-corrected chi connectivity index (χ0v) is 24.1. The van der Waals surface area contributed by atoms with E-state index in [1.54, 1.807) is 12.1 Å². The molecule has 2 N–H and O–H groups in total. The van der Waals surface area contributed by atoms with Crippen molar-refractivity contribution in [2.45, 2.75) is 71.6 Å². The standard InChI is InChI=1S/C28H34N6O2S2/c1-6-34-24(17(2)30-25(36)18-10-8-7-9-11-18)32-33-27(34)37-16-23(35)31-26-21(15-29)20-13-12-19(28(3,4)5)14-22(20)38-26/h7-11,17,19H,6,12-14,16H2,1-5H3,(H,30,36)(H,31,35)/t17-,19-/m0/s1. The molecule has 1 aliphatic rings. The van der Waals surface area contributed by atoms with Crippen LogP contribution in [0.4, 0.5) is 5.00 Å². The third kappa shape index (κ3) is 6.11. The SMILES string of the molecule is CCn1c(SCC(=O)Nc2sc3c(c2C#N)CC[C@H](C(C)(C)C)C3)nnc1[C@H](C)NC(=O)c1ccccc1. The Hall–Kier alpha value is -3.16. The number of fused-ring (bicyclic) bond motifs is 1. The van der Waals surface area contributed by atoms with Gasteiger partial charge < -0.3 is 15.2 Å². The molecule has 2 atom stereocenters. The van der Waals surface area contributed by atoms with E-state index in [0.29, 0.717) is 39.6 Å². The average molecular weight is 551 g/mol. The van der Waals surface area contributed by atoms with Crippen molar-refractivity contribution in [3.8, 4) is 6.07 Å². The minimum absolute atomic E-state index is 0.140. The van der Waals surface area contributed by atoms with E-state index in [4.69, 9.17) is 0 Å². The number of thiophene rings is 1. The molecule has 1 aromatic carbocycles. The van der Waals surface area contributed by atoms with Crippen LogP contribution >= 0.6 is 23.1 Å². The second kappa shape index (κ2) is 11.7. The van der Waals surface area contributed by atoms with Gasteiger partial charge >= 0.3 is 0 Å². The van der Waals surface area contributed by atoms with Gasteiger partial charge in [0, 0.05) is 17.0 Å². The molecule has 10 heteroatoms. The molecule has 3 aromatic rings. The van der Waals surface area contributed by atoms with Crippen LogP contribution in [0.3, 0.4) is 0 Å². The van der Waals surface area contributed by atoms with Crippen LogP contribution in [-0.4, -0.2) is 32.3 Å². The lowest BCUT2D eigenvalue weighted by molar-refractivity contribution is -0.113. The Morgan fingerprint density at radius 3 is 2.66 bits per heavy atom. The number of carbonyl (C=O) groups is 2. The molecule has 2 heterocycles. The first-order valence-electron chi connectivity index (χ1n) is 12.9. The largest absolute Gasteiger partial charge is 0.342 e. The Balaban J connectivity index is 1.40. The molecule has 0 saturated heterocycles. The smallest absolute Gasteiger partial charge is 0.251 e. The topological polar surface area (TPSA) is 113 Å². The van der Waals surface area contributed by atoms with Gasteiger partial charge in [-0.1, -0.05) is 50.7 Å². The van der Waals surface area contributed by atoms with Gasteiger partial charge in [-0.05, 0) is 62.1 Å². The Bertz CT molecular complexity index is 1350. The number of nitriles is 1. The summed E-state index contributed by atoms with van der Waals surface area (Å²) >= 11 is 2.83. The van der Waals surface area contributed by atoms with Crippen LogP contribution in [0.1, 0.15) is 79.3 Å². The van der Waals surface area contributed by atoms with Crippen molar-refractivity contribution in [3.63, 3.8) is 0 Å². The van der Waals surface area contributed by atoms with E-state index in [0.717, 1.165) is 24.8 Å². The quantitative estimate of drug-likeness (QED) is 0.353. The van der Waals surface area contributed by atoms with E-state index < -0.39 is 0 Å². The number of anilines is 1. The first kappa shape index (κ1) is 27.9. The van der Waals surface area contributed by atoms with Crippen LogP contribution in [0.2, 0.25) is 0 Å². The summed E-state index contributed by atoms with van der Waals surface area (Å²) in [6.45, 7) is 11.2. The summed E-state index contributed by atoms with van der Waals surface area (Å²) in [7, 11) is 0. The highest BCUT2D eigenvalue weighted by Gasteiger charge is 2.32. The predicted molar refractivity (Wildman–Crippen MR) is 151 cm³/mol. The number of benzene rings is 1. The molecule has 2 aromatic heterocycles. The van der Waals surface area contributed by atoms with E-state index in [9.17, 15) is 14.9 Å². The van der Waals surface area contributed by atoms with E-state index in [1.807, 2.05) is 36.6 Å². The number of amides is 2. The third-order valence-corrected chi connectivity index (χ3v) is 9.16. The molecule has 38 heavy (non-hydrogen) atoms. The lowest BCUT2D eigenvalue weighted by atomic mass is 9.72. The van der Waals surface area contributed by atoms with Gasteiger partial charge in [0.05, 0.1) is 17.4 Å². The van der Waals surface area contributed by atoms with Crippen molar-refractivity contribution >= 4 is 39.9 Å². The van der Waals surface area contributed by atoms with Gasteiger partial charge in [0.2, 0.25) is 5.91 Å². The zero-order valence-electron chi connectivity index (χ0n) is 22.5. The highest BCUT2D eigenvalue weighted by atomic mass is 32.2. The number of nitrogens with zero attached hydrogens (tertiary/aromatic N) is 4. The maximum absolute atomic E-state index is 12.9. The summed E-state index contributed by atoms with van der Waals surface area (Å²) < 4.78 is 1.91. The zero-order chi connectivity index (χ0) is 27.4. The Kier molecular flexibility index (Phi) is 8.58. The summed E-state index contributed by atoms with van der Waals surface area (Å²) in [5.74, 6) is 0.966. The van der Waals surface area contributed by atoms with Crippen molar-refractivity contribution in [3.05, 3.63) is 57.7 Å². The van der Waals surface area contributed by atoms with Gasteiger partial charge in [-0.25, -0.2) is 0 Å². The molecule has 1 aliphatic carbocycles. The van der Waals surface area contributed by atoms with Crippen LogP contribution < -0.4 is 10.6 Å². The number of hydrogen-bond acceptors (Lipinski definition) is 7. The normalized spacial score (nSPS) is 15.8. The fraction of sp³-hybridized carbons (Fsp3) is 0.464. The molecule has 0 spiro atoms. The van der Waals surface area contributed by atoms with E-state index in [2.05, 4.69) is 47.7 Å². The molecule has 0 saturated carbocycles. The summed E-state index contributed by atoms with van der Waals surface area (Å²) in [4.78, 5) is 26.7. The molecule has 0 fully saturated rings. The van der Waals surface area contributed by atoms with Crippen LogP contribution in [0, 0.1) is 22.7 Å². The molecule has 0 bridgehead atoms. The Morgan fingerprint density at radius 2 is 2.00 bits per heavy atom. The van der Waals surface area contributed by atoms with Crippen molar-refractivity contribution in [2.75, 3.05) is 11.1 Å². The number of rotatable bonds is 8. The molecule has 200 valence electrons. The van der Waals surface area contributed by atoms with Gasteiger partial charge in [0.25, 0.3) is 5.91 Å². The Morgan fingerprint density at radius 1 is 1.26 bits per heavy atom. The van der Waals surface area contributed by atoms with Crippen molar-refractivity contribution in [1.82, 2.24) is 20.1 Å². The second-order valence-electron chi connectivity index (χ2n) is 10.6. The van der Waals surface area contributed by atoms with E-state index >= 15 is 0 Å². The minimum Gasteiger partial charge on any atom is -0.342 e.